The number of hydrogen-bond donors (Lipinski definition) is 0. The van der Waals surface area contributed by atoms with Crippen LogP contribution in [0.25, 0.3) is 0 Å². The van der Waals surface area contributed by atoms with E-state index in [4.69, 9.17) is 4.74 Å². The van der Waals surface area contributed by atoms with Gasteiger partial charge >= 0.3 is 0 Å². The molecule has 0 bridgehead atoms. The highest BCUT2D eigenvalue weighted by Gasteiger charge is 2.09. The molecule has 0 aromatic rings. The van der Waals surface area contributed by atoms with E-state index in [1.165, 1.54) is 0 Å². The van der Waals surface area contributed by atoms with Gasteiger partial charge in [0.05, 0.1) is 19.1 Å². The molecule has 0 aliphatic carbocycles. The van der Waals surface area contributed by atoms with Crippen molar-refractivity contribution in [1.29, 1.82) is 0 Å². The van der Waals surface area contributed by atoms with Gasteiger partial charge in [-0.25, -0.2) is 0 Å². The summed E-state index contributed by atoms with van der Waals surface area (Å²) in [6.07, 6.45) is 0.694. The maximum absolute atomic E-state index is 11.5. The van der Waals surface area contributed by atoms with Gasteiger partial charge in [-0.05, 0) is 19.8 Å². The Bertz CT molecular complexity index is 167. The van der Waals surface area contributed by atoms with Gasteiger partial charge in [0, 0.05) is 13.6 Å². The molecule has 3 heteroatoms. The van der Waals surface area contributed by atoms with Crippen LogP contribution in [0.3, 0.4) is 0 Å². The molecule has 3 nitrogen and oxygen atoms in total. The highest BCUT2D eigenvalue weighted by molar-refractivity contribution is 5.75. The van der Waals surface area contributed by atoms with Crippen LogP contribution in [0.2, 0.25) is 0 Å². The minimum absolute atomic E-state index is 0.166. The molecule has 0 aromatic heterocycles. The lowest BCUT2D eigenvalue weighted by molar-refractivity contribution is -0.131. The molecule has 0 rings (SSSR count). The lowest BCUT2D eigenvalue weighted by atomic mass is 10.2. The van der Waals surface area contributed by atoms with Crippen LogP contribution in [-0.2, 0) is 9.53 Å². The summed E-state index contributed by atoms with van der Waals surface area (Å²) in [6.45, 7) is 9.51. The number of amides is 1. The van der Waals surface area contributed by atoms with Gasteiger partial charge < -0.3 is 9.64 Å². The second-order valence-electron chi connectivity index (χ2n) is 4.34. The molecule has 84 valence electrons. The van der Waals surface area contributed by atoms with Crippen LogP contribution < -0.4 is 0 Å². The Labute approximate surface area is 87.4 Å². The van der Waals surface area contributed by atoms with Gasteiger partial charge in [-0.3, -0.25) is 4.79 Å². The standard InChI is InChI=1S/C11H23NO2/c1-9(2)8-12(5)11(13)6-7-14-10(3)4/h9-10H,6-8H2,1-5H3. The quantitative estimate of drug-likeness (QED) is 0.657. The molecule has 0 aromatic carbocycles. The molecule has 0 saturated carbocycles. The van der Waals surface area contributed by atoms with Crippen LogP contribution in [-0.4, -0.2) is 37.1 Å². The molecule has 0 atom stereocenters. The third kappa shape index (κ3) is 6.89. The van der Waals surface area contributed by atoms with E-state index in [0.29, 0.717) is 18.9 Å². The van der Waals surface area contributed by atoms with Gasteiger partial charge in [0.25, 0.3) is 0 Å². The van der Waals surface area contributed by atoms with Crippen molar-refractivity contribution in [1.82, 2.24) is 4.90 Å². The van der Waals surface area contributed by atoms with Crippen LogP contribution >= 0.6 is 0 Å². The first kappa shape index (κ1) is 13.4. The van der Waals surface area contributed by atoms with Crippen molar-refractivity contribution in [3.8, 4) is 0 Å². The fraction of sp³-hybridized carbons (Fsp3) is 0.909. The van der Waals surface area contributed by atoms with E-state index < -0.39 is 0 Å². The van der Waals surface area contributed by atoms with Crippen LogP contribution in [0.15, 0.2) is 0 Å². The van der Waals surface area contributed by atoms with E-state index in [1.807, 2.05) is 20.9 Å². The zero-order valence-electron chi connectivity index (χ0n) is 10.0. The number of rotatable bonds is 6. The highest BCUT2D eigenvalue weighted by atomic mass is 16.5. The predicted molar refractivity (Wildman–Crippen MR) is 58.2 cm³/mol. The number of ether oxygens (including phenoxy) is 1. The fourth-order valence-electron chi connectivity index (χ4n) is 1.22. The van der Waals surface area contributed by atoms with Crippen LogP contribution in [0.5, 0.6) is 0 Å². The van der Waals surface area contributed by atoms with Crippen molar-refractivity contribution in [2.45, 2.75) is 40.2 Å². The summed E-state index contributed by atoms with van der Waals surface area (Å²) >= 11 is 0. The molecular weight excluding hydrogens is 178 g/mol. The number of carbonyl (C=O) groups is 1. The van der Waals surface area contributed by atoms with Crippen molar-refractivity contribution in [3.05, 3.63) is 0 Å². The Morgan fingerprint density at radius 3 is 2.29 bits per heavy atom. The summed E-state index contributed by atoms with van der Waals surface area (Å²) in [5.74, 6) is 0.689. The largest absolute Gasteiger partial charge is 0.378 e. The molecule has 0 N–H and O–H groups in total. The minimum Gasteiger partial charge on any atom is -0.378 e. The van der Waals surface area contributed by atoms with E-state index >= 15 is 0 Å². The Kier molecular flexibility index (Phi) is 6.54. The van der Waals surface area contributed by atoms with Gasteiger partial charge in [-0.15, -0.1) is 0 Å². The second kappa shape index (κ2) is 6.82. The lowest BCUT2D eigenvalue weighted by Crippen LogP contribution is -2.31. The molecule has 0 heterocycles. The Morgan fingerprint density at radius 1 is 1.29 bits per heavy atom. The van der Waals surface area contributed by atoms with Crippen molar-refractivity contribution >= 4 is 5.91 Å². The fourth-order valence-corrected chi connectivity index (χ4v) is 1.22. The topological polar surface area (TPSA) is 29.5 Å². The van der Waals surface area contributed by atoms with E-state index in [2.05, 4.69) is 13.8 Å². The number of carbonyl (C=O) groups excluding carboxylic acids is 1. The third-order valence-electron chi connectivity index (χ3n) is 1.83. The molecule has 14 heavy (non-hydrogen) atoms. The van der Waals surface area contributed by atoms with Crippen molar-refractivity contribution in [2.24, 2.45) is 5.92 Å². The normalized spacial score (nSPS) is 11.1. The molecule has 0 aliphatic rings. The summed E-state index contributed by atoms with van der Waals surface area (Å²) in [7, 11) is 1.84. The van der Waals surface area contributed by atoms with Crippen LogP contribution in [0.1, 0.15) is 34.1 Å². The molecule has 0 unspecified atom stereocenters. The average molecular weight is 201 g/mol. The Morgan fingerprint density at radius 2 is 1.86 bits per heavy atom. The first-order valence-electron chi connectivity index (χ1n) is 5.29. The number of nitrogens with zero attached hydrogens (tertiary/aromatic N) is 1. The van der Waals surface area contributed by atoms with Crippen LogP contribution in [0, 0.1) is 5.92 Å². The first-order chi connectivity index (χ1) is 6.43. The van der Waals surface area contributed by atoms with E-state index in [1.54, 1.807) is 4.90 Å². The average Bonchev–Trinajstić information content (AvgIpc) is 2.01. The van der Waals surface area contributed by atoms with Gasteiger partial charge in [0.15, 0.2) is 0 Å². The molecule has 1 amide bonds. The van der Waals surface area contributed by atoms with Crippen molar-refractivity contribution in [3.63, 3.8) is 0 Å². The van der Waals surface area contributed by atoms with E-state index in [-0.39, 0.29) is 12.0 Å². The zero-order valence-corrected chi connectivity index (χ0v) is 10.0. The minimum atomic E-state index is 0.166. The lowest BCUT2D eigenvalue weighted by Gasteiger charge is -2.19. The van der Waals surface area contributed by atoms with Gasteiger partial charge in [0.2, 0.25) is 5.91 Å². The van der Waals surface area contributed by atoms with E-state index in [0.717, 1.165) is 6.54 Å². The van der Waals surface area contributed by atoms with E-state index in [9.17, 15) is 4.79 Å². The summed E-state index contributed by atoms with van der Waals surface area (Å²) in [6, 6.07) is 0. The molecule has 0 spiro atoms. The van der Waals surface area contributed by atoms with Gasteiger partial charge in [0.1, 0.15) is 0 Å². The third-order valence-corrected chi connectivity index (χ3v) is 1.83. The predicted octanol–water partition coefficient (Wildman–Crippen LogP) is 1.92. The monoisotopic (exact) mass is 201 g/mol. The Hall–Kier alpha value is -0.570. The highest BCUT2D eigenvalue weighted by Crippen LogP contribution is 1.99. The maximum atomic E-state index is 11.5. The summed E-state index contributed by atoms with van der Waals surface area (Å²) in [5, 5.41) is 0. The van der Waals surface area contributed by atoms with Crippen LogP contribution in [0.4, 0.5) is 0 Å². The summed E-state index contributed by atoms with van der Waals surface area (Å²) in [4.78, 5) is 13.3. The SMILES string of the molecule is CC(C)CN(C)C(=O)CCOC(C)C. The maximum Gasteiger partial charge on any atom is 0.224 e. The first-order valence-corrected chi connectivity index (χ1v) is 5.29. The summed E-state index contributed by atoms with van der Waals surface area (Å²) < 4.78 is 5.32. The smallest absolute Gasteiger partial charge is 0.224 e. The molecule has 0 radical (unpaired) electrons. The van der Waals surface area contributed by atoms with Crippen molar-refractivity contribution < 1.29 is 9.53 Å². The molecule has 0 aliphatic heterocycles. The molecule has 0 fully saturated rings. The molecular formula is C11H23NO2. The van der Waals surface area contributed by atoms with Gasteiger partial charge in [-0.1, -0.05) is 13.8 Å². The van der Waals surface area contributed by atoms with Gasteiger partial charge in [-0.2, -0.15) is 0 Å². The second-order valence-corrected chi connectivity index (χ2v) is 4.34. The number of hydrogen-bond acceptors (Lipinski definition) is 2. The summed E-state index contributed by atoms with van der Waals surface area (Å²) in [5.41, 5.74) is 0. The zero-order chi connectivity index (χ0) is 11.1. The van der Waals surface area contributed by atoms with Crippen molar-refractivity contribution in [2.75, 3.05) is 20.2 Å². The molecule has 0 saturated heterocycles. The Balaban J connectivity index is 3.62.